The number of carbonyl (C=O) groups is 1. The fourth-order valence-corrected chi connectivity index (χ4v) is 1.29. The largest absolute Gasteiger partial charge is 0.350 e. The van der Waals surface area contributed by atoms with Gasteiger partial charge in [0.15, 0.2) is 0 Å². The quantitative estimate of drug-likeness (QED) is 0.897. The Morgan fingerprint density at radius 1 is 1.53 bits per heavy atom. The number of nitrogens with one attached hydrogen (secondary N) is 1. The molecule has 0 aromatic carbocycles. The molecule has 0 spiro atoms. The van der Waals surface area contributed by atoms with E-state index in [1.165, 1.54) is 6.20 Å². The minimum atomic E-state index is -0.179. The van der Waals surface area contributed by atoms with Crippen LogP contribution in [0.4, 0.5) is 0 Å². The van der Waals surface area contributed by atoms with Crippen LogP contribution in [0.2, 0.25) is 5.02 Å². The predicted octanol–water partition coefficient (Wildman–Crippen LogP) is 3.15. The molecule has 1 aromatic rings. The lowest BCUT2D eigenvalue weighted by Gasteiger charge is -2.29. The summed E-state index contributed by atoms with van der Waals surface area (Å²) in [5, 5.41) is 3.41. The summed E-state index contributed by atoms with van der Waals surface area (Å²) in [7, 11) is 0. The zero-order valence-corrected chi connectivity index (χ0v) is 11.5. The Hall–Kier alpha value is -1.09. The Morgan fingerprint density at radius 3 is 2.71 bits per heavy atom. The summed E-state index contributed by atoms with van der Waals surface area (Å²) in [4.78, 5) is 15.8. The van der Waals surface area contributed by atoms with Gasteiger partial charge in [0.25, 0.3) is 5.91 Å². The highest BCUT2D eigenvalue weighted by molar-refractivity contribution is 6.30. The lowest BCUT2D eigenvalue weighted by molar-refractivity contribution is 0.0920. The highest BCUT2D eigenvalue weighted by atomic mass is 35.5. The van der Waals surface area contributed by atoms with Crippen molar-refractivity contribution in [2.45, 2.75) is 27.7 Å². The second-order valence-electron chi connectivity index (χ2n) is 5.19. The van der Waals surface area contributed by atoms with Crippen LogP contribution in [0.1, 0.15) is 38.2 Å². The summed E-state index contributed by atoms with van der Waals surface area (Å²) in [6.07, 6.45) is 1.53. The second kappa shape index (κ2) is 5.50. The summed E-state index contributed by atoms with van der Waals surface area (Å²) in [6, 6.07) is 3.22. The van der Waals surface area contributed by atoms with Gasteiger partial charge in [-0.05, 0) is 23.5 Å². The number of rotatable bonds is 4. The molecule has 0 saturated carbocycles. The van der Waals surface area contributed by atoms with Gasteiger partial charge in [-0.15, -0.1) is 0 Å². The highest BCUT2D eigenvalue weighted by Crippen LogP contribution is 2.24. The second-order valence-corrected chi connectivity index (χ2v) is 5.62. The molecule has 1 aromatic heterocycles. The summed E-state index contributed by atoms with van der Waals surface area (Å²) in [6.45, 7) is 9.16. The molecule has 0 aliphatic heterocycles. The molecular weight excluding hydrogens is 236 g/mol. The average molecular weight is 255 g/mol. The summed E-state index contributed by atoms with van der Waals surface area (Å²) < 4.78 is 0. The van der Waals surface area contributed by atoms with Crippen molar-refractivity contribution in [3.05, 3.63) is 29.0 Å². The first-order valence-electron chi connectivity index (χ1n) is 5.72. The van der Waals surface area contributed by atoms with Gasteiger partial charge < -0.3 is 5.32 Å². The molecule has 0 atom stereocenters. The van der Waals surface area contributed by atoms with Gasteiger partial charge in [0.2, 0.25) is 0 Å². The van der Waals surface area contributed by atoms with Crippen molar-refractivity contribution in [2.24, 2.45) is 11.3 Å². The first-order valence-corrected chi connectivity index (χ1v) is 6.10. The smallest absolute Gasteiger partial charge is 0.269 e. The molecular formula is C13H19ClN2O. The number of carbonyl (C=O) groups excluding carboxylic acids is 1. The van der Waals surface area contributed by atoms with Crippen LogP contribution < -0.4 is 5.32 Å². The minimum absolute atomic E-state index is 0.0637. The minimum Gasteiger partial charge on any atom is -0.350 e. The highest BCUT2D eigenvalue weighted by Gasteiger charge is 2.23. The number of amides is 1. The Bertz CT molecular complexity index is 402. The SMILES string of the molecule is CC(C)C(C)(C)CNC(=O)c1cc(Cl)ccn1. The molecule has 0 unspecified atom stereocenters. The number of pyridine rings is 1. The fourth-order valence-electron chi connectivity index (χ4n) is 1.13. The van der Waals surface area contributed by atoms with Gasteiger partial charge >= 0.3 is 0 Å². The van der Waals surface area contributed by atoms with Crippen molar-refractivity contribution in [1.82, 2.24) is 10.3 Å². The van der Waals surface area contributed by atoms with E-state index in [1.807, 2.05) is 0 Å². The maximum atomic E-state index is 11.8. The van der Waals surface area contributed by atoms with E-state index in [0.717, 1.165) is 0 Å². The normalized spacial score (nSPS) is 11.6. The van der Waals surface area contributed by atoms with Crippen molar-refractivity contribution in [1.29, 1.82) is 0 Å². The van der Waals surface area contributed by atoms with Crippen LogP contribution in [-0.2, 0) is 0 Å². The van der Waals surface area contributed by atoms with Crippen molar-refractivity contribution < 1.29 is 4.79 Å². The number of hydrogen-bond donors (Lipinski definition) is 1. The summed E-state index contributed by atoms with van der Waals surface area (Å²) in [5.41, 5.74) is 0.422. The van der Waals surface area contributed by atoms with E-state index >= 15 is 0 Å². The van der Waals surface area contributed by atoms with E-state index in [9.17, 15) is 4.79 Å². The van der Waals surface area contributed by atoms with Gasteiger partial charge in [-0.2, -0.15) is 0 Å². The molecule has 4 heteroatoms. The van der Waals surface area contributed by atoms with E-state index in [2.05, 4.69) is 38.0 Å². The topological polar surface area (TPSA) is 42.0 Å². The van der Waals surface area contributed by atoms with Crippen molar-refractivity contribution in [3.63, 3.8) is 0 Å². The molecule has 3 nitrogen and oxygen atoms in total. The van der Waals surface area contributed by atoms with Gasteiger partial charge in [0.05, 0.1) is 0 Å². The van der Waals surface area contributed by atoms with Crippen LogP contribution in [0.25, 0.3) is 0 Å². The standard InChI is InChI=1S/C13H19ClN2O/c1-9(2)13(3,4)8-16-12(17)11-7-10(14)5-6-15-11/h5-7,9H,8H2,1-4H3,(H,16,17). The van der Waals surface area contributed by atoms with E-state index in [-0.39, 0.29) is 11.3 Å². The lowest BCUT2D eigenvalue weighted by Crippen LogP contribution is -2.37. The zero-order chi connectivity index (χ0) is 13.1. The van der Waals surface area contributed by atoms with Crippen LogP contribution >= 0.6 is 11.6 Å². The van der Waals surface area contributed by atoms with Gasteiger partial charge in [0.1, 0.15) is 5.69 Å². The number of aromatic nitrogens is 1. The van der Waals surface area contributed by atoms with E-state index in [0.29, 0.717) is 23.2 Å². The van der Waals surface area contributed by atoms with Gasteiger partial charge in [-0.1, -0.05) is 39.3 Å². The Balaban J connectivity index is 2.62. The molecule has 1 rings (SSSR count). The third-order valence-electron chi connectivity index (χ3n) is 3.22. The molecule has 1 heterocycles. The summed E-state index contributed by atoms with van der Waals surface area (Å²) >= 11 is 5.81. The van der Waals surface area contributed by atoms with Crippen LogP contribution in [-0.4, -0.2) is 17.4 Å². The molecule has 0 saturated heterocycles. The summed E-state index contributed by atoms with van der Waals surface area (Å²) in [5.74, 6) is 0.316. The maximum Gasteiger partial charge on any atom is 0.269 e. The fraction of sp³-hybridized carbons (Fsp3) is 0.538. The molecule has 1 amide bonds. The first kappa shape index (κ1) is 14.0. The van der Waals surface area contributed by atoms with E-state index in [1.54, 1.807) is 12.1 Å². The molecule has 0 aliphatic carbocycles. The van der Waals surface area contributed by atoms with Gasteiger partial charge in [0, 0.05) is 17.8 Å². The van der Waals surface area contributed by atoms with Crippen LogP contribution in [0, 0.1) is 11.3 Å². The molecule has 17 heavy (non-hydrogen) atoms. The monoisotopic (exact) mass is 254 g/mol. The van der Waals surface area contributed by atoms with Crippen LogP contribution in [0.5, 0.6) is 0 Å². The predicted molar refractivity (Wildman–Crippen MR) is 70.2 cm³/mol. The van der Waals surface area contributed by atoms with E-state index < -0.39 is 0 Å². The first-order chi connectivity index (χ1) is 7.83. The molecule has 0 bridgehead atoms. The van der Waals surface area contributed by atoms with Crippen molar-refractivity contribution >= 4 is 17.5 Å². The van der Waals surface area contributed by atoms with Crippen LogP contribution in [0.15, 0.2) is 18.3 Å². The third kappa shape index (κ3) is 4.00. The zero-order valence-electron chi connectivity index (χ0n) is 10.7. The number of halogens is 1. The van der Waals surface area contributed by atoms with Crippen molar-refractivity contribution in [3.8, 4) is 0 Å². The van der Waals surface area contributed by atoms with E-state index in [4.69, 9.17) is 11.6 Å². The number of nitrogens with zero attached hydrogens (tertiary/aromatic N) is 1. The van der Waals surface area contributed by atoms with Crippen molar-refractivity contribution in [2.75, 3.05) is 6.54 Å². The molecule has 94 valence electrons. The molecule has 0 radical (unpaired) electrons. The Morgan fingerprint density at radius 2 is 2.18 bits per heavy atom. The Kier molecular flexibility index (Phi) is 4.52. The van der Waals surface area contributed by atoms with Gasteiger partial charge in [-0.25, -0.2) is 0 Å². The Labute approximate surface area is 108 Å². The molecule has 0 aliphatic rings. The lowest BCUT2D eigenvalue weighted by atomic mass is 9.81. The molecule has 1 N–H and O–H groups in total. The number of hydrogen-bond acceptors (Lipinski definition) is 2. The maximum absolute atomic E-state index is 11.8. The average Bonchev–Trinajstić information content (AvgIpc) is 2.25. The van der Waals surface area contributed by atoms with Crippen LogP contribution in [0.3, 0.4) is 0 Å². The molecule has 0 fully saturated rings. The van der Waals surface area contributed by atoms with Gasteiger partial charge in [-0.3, -0.25) is 9.78 Å². The third-order valence-corrected chi connectivity index (χ3v) is 3.46.